The molecule has 2 fully saturated rings. The van der Waals surface area contributed by atoms with E-state index in [0.717, 1.165) is 31.1 Å². The lowest BCUT2D eigenvalue weighted by atomic mass is 9.54. The van der Waals surface area contributed by atoms with Gasteiger partial charge < -0.3 is 14.9 Å². The van der Waals surface area contributed by atoms with E-state index in [0.29, 0.717) is 28.6 Å². The minimum atomic E-state index is -0.334. The fourth-order valence-electron chi connectivity index (χ4n) is 7.29. The van der Waals surface area contributed by atoms with Crippen LogP contribution in [0.25, 0.3) is 0 Å². The lowest BCUT2D eigenvalue weighted by molar-refractivity contribution is -0.147. The first-order chi connectivity index (χ1) is 14.0. The number of aliphatic hydroxyl groups excluding tert-OH is 1. The van der Waals surface area contributed by atoms with E-state index in [4.69, 9.17) is 4.74 Å². The quantitative estimate of drug-likeness (QED) is 0.739. The molecule has 2 saturated carbocycles. The summed E-state index contributed by atoms with van der Waals surface area (Å²) in [6, 6.07) is 6.00. The number of ether oxygens (including phenoxy) is 1. The number of phenols is 1. The molecule has 1 aromatic rings. The summed E-state index contributed by atoms with van der Waals surface area (Å²) < 4.78 is 5.65. The fraction of sp³-hybridized carbons (Fsp3) is 0.640. The van der Waals surface area contributed by atoms with Crippen LogP contribution in [0.3, 0.4) is 0 Å². The number of benzene rings is 1. The minimum absolute atomic E-state index is 0.0360. The molecule has 0 saturated heterocycles. The normalized spacial score (nSPS) is 38.5. The number of carbonyl (C=O) groups excluding carboxylic acids is 1. The number of phenolic OH excluding ortho intramolecular Hbond substituents is 1. The Labute approximate surface area is 173 Å². The zero-order valence-electron chi connectivity index (χ0n) is 17.3. The van der Waals surface area contributed by atoms with Crippen LogP contribution < -0.4 is 0 Å². The van der Waals surface area contributed by atoms with Gasteiger partial charge in [-0.15, -0.1) is 0 Å². The van der Waals surface area contributed by atoms with Gasteiger partial charge in [-0.1, -0.05) is 19.1 Å². The first-order valence-electron chi connectivity index (χ1n) is 11.3. The Morgan fingerprint density at radius 2 is 2.07 bits per heavy atom. The Balaban J connectivity index is 1.32. The largest absolute Gasteiger partial charge is 0.508 e. The standard InChI is InChI=1S/C25H32O4/c1-25-11-10-21-20-8-5-18(27)12-15(20)3-7-22(21)23(25)9-4-17(25)13-19-6-2-16(14-26)24(28)29-19/h2,5,8,12,17,19,21-23,26-27H,3-4,6-7,9-11,13-14H2,1H3. The van der Waals surface area contributed by atoms with Crippen molar-refractivity contribution in [2.24, 2.45) is 23.2 Å². The summed E-state index contributed by atoms with van der Waals surface area (Å²) in [6.45, 7) is 2.27. The van der Waals surface area contributed by atoms with Crippen molar-refractivity contribution in [2.45, 2.75) is 70.3 Å². The molecule has 3 aliphatic carbocycles. The van der Waals surface area contributed by atoms with Crippen LogP contribution in [0.2, 0.25) is 0 Å². The maximum Gasteiger partial charge on any atom is 0.336 e. The molecule has 4 aliphatic rings. The van der Waals surface area contributed by atoms with Crippen LogP contribution in [0.4, 0.5) is 0 Å². The van der Waals surface area contributed by atoms with Gasteiger partial charge in [-0.2, -0.15) is 0 Å². The van der Waals surface area contributed by atoms with Gasteiger partial charge in [-0.05, 0) is 97.3 Å². The summed E-state index contributed by atoms with van der Waals surface area (Å²) in [5.74, 6) is 2.79. The summed E-state index contributed by atoms with van der Waals surface area (Å²) in [4.78, 5) is 12.0. The highest BCUT2D eigenvalue weighted by molar-refractivity contribution is 5.89. The van der Waals surface area contributed by atoms with E-state index in [1.54, 1.807) is 0 Å². The number of rotatable bonds is 3. The van der Waals surface area contributed by atoms with Crippen molar-refractivity contribution >= 4 is 5.97 Å². The molecular formula is C25H32O4. The zero-order chi connectivity index (χ0) is 20.2. The van der Waals surface area contributed by atoms with Crippen LogP contribution in [0.1, 0.15) is 68.9 Å². The molecule has 156 valence electrons. The number of aromatic hydroxyl groups is 1. The first kappa shape index (κ1) is 19.2. The molecule has 2 N–H and O–H groups in total. The average Bonchev–Trinajstić information content (AvgIpc) is 3.04. The van der Waals surface area contributed by atoms with Crippen LogP contribution in [-0.2, 0) is 16.0 Å². The molecule has 6 unspecified atom stereocenters. The van der Waals surface area contributed by atoms with Gasteiger partial charge in [-0.3, -0.25) is 0 Å². The molecule has 5 rings (SSSR count). The highest BCUT2D eigenvalue weighted by Gasteiger charge is 2.55. The van der Waals surface area contributed by atoms with E-state index >= 15 is 0 Å². The van der Waals surface area contributed by atoms with Gasteiger partial charge >= 0.3 is 5.97 Å². The lowest BCUT2D eigenvalue weighted by Gasteiger charge is -2.51. The topological polar surface area (TPSA) is 66.8 Å². The second-order valence-electron chi connectivity index (χ2n) is 10.0. The number of aliphatic hydroxyl groups is 1. The van der Waals surface area contributed by atoms with Crippen molar-refractivity contribution in [1.29, 1.82) is 0 Å². The van der Waals surface area contributed by atoms with Crippen molar-refractivity contribution in [3.05, 3.63) is 41.0 Å². The van der Waals surface area contributed by atoms with Gasteiger partial charge in [0.1, 0.15) is 11.9 Å². The van der Waals surface area contributed by atoms with E-state index in [1.807, 2.05) is 18.2 Å². The van der Waals surface area contributed by atoms with Crippen molar-refractivity contribution in [3.63, 3.8) is 0 Å². The summed E-state index contributed by atoms with van der Waals surface area (Å²) in [5.41, 5.74) is 3.57. The summed E-state index contributed by atoms with van der Waals surface area (Å²) >= 11 is 0. The molecule has 1 aromatic carbocycles. The number of esters is 1. The number of aryl methyl sites for hydroxylation is 1. The molecule has 0 radical (unpaired) electrons. The van der Waals surface area contributed by atoms with Crippen LogP contribution >= 0.6 is 0 Å². The monoisotopic (exact) mass is 396 g/mol. The van der Waals surface area contributed by atoms with E-state index in [-0.39, 0.29) is 18.7 Å². The summed E-state index contributed by atoms with van der Waals surface area (Å²) in [6.07, 6.45) is 10.8. The summed E-state index contributed by atoms with van der Waals surface area (Å²) in [5, 5.41) is 19.1. The van der Waals surface area contributed by atoms with E-state index in [9.17, 15) is 15.0 Å². The van der Waals surface area contributed by atoms with Gasteiger partial charge in [-0.25, -0.2) is 4.79 Å². The third kappa shape index (κ3) is 3.11. The number of fused-ring (bicyclic) bond motifs is 5. The van der Waals surface area contributed by atoms with Gasteiger partial charge in [0.25, 0.3) is 0 Å². The lowest BCUT2D eigenvalue weighted by Crippen LogP contribution is -2.43. The maximum atomic E-state index is 12.0. The van der Waals surface area contributed by atoms with Crippen molar-refractivity contribution in [1.82, 2.24) is 0 Å². The Morgan fingerprint density at radius 1 is 1.21 bits per heavy atom. The second kappa shape index (κ2) is 7.16. The Kier molecular flexibility index (Phi) is 4.73. The number of cyclic esters (lactones) is 1. The molecule has 0 bridgehead atoms. The van der Waals surface area contributed by atoms with E-state index in [1.165, 1.54) is 43.2 Å². The van der Waals surface area contributed by atoms with E-state index in [2.05, 4.69) is 13.0 Å². The third-order valence-electron chi connectivity index (χ3n) is 8.79. The molecule has 1 aliphatic heterocycles. The highest BCUT2D eigenvalue weighted by Crippen LogP contribution is 2.64. The minimum Gasteiger partial charge on any atom is -0.508 e. The van der Waals surface area contributed by atoms with Crippen molar-refractivity contribution in [2.75, 3.05) is 6.61 Å². The zero-order valence-corrected chi connectivity index (χ0v) is 17.3. The predicted molar refractivity (Wildman–Crippen MR) is 110 cm³/mol. The van der Waals surface area contributed by atoms with Gasteiger partial charge in [0.05, 0.1) is 12.2 Å². The van der Waals surface area contributed by atoms with Crippen LogP contribution in [0.5, 0.6) is 5.75 Å². The van der Waals surface area contributed by atoms with Crippen molar-refractivity contribution < 1.29 is 19.7 Å². The molecule has 4 nitrogen and oxygen atoms in total. The molecule has 6 atom stereocenters. The van der Waals surface area contributed by atoms with Crippen LogP contribution in [0, 0.1) is 23.2 Å². The number of carbonyl (C=O) groups is 1. The summed E-state index contributed by atoms with van der Waals surface area (Å²) in [7, 11) is 0. The smallest absolute Gasteiger partial charge is 0.336 e. The molecular weight excluding hydrogens is 364 g/mol. The molecule has 0 spiro atoms. The molecule has 4 heteroatoms. The Bertz CT molecular complexity index is 843. The third-order valence-corrected chi connectivity index (χ3v) is 8.79. The Morgan fingerprint density at radius 3 is 2.86 bits per heavy atom. The van der Waals surface area contributed by atoms with Crippen molar-refractivity contribution in [3.8, 4) is 5.75 Å². The number of hydrogen-bond acceptors (Lipinski definition) is 4. The predicted octanol–water partition coefficient (Wildman–Crippen LogP) is 4.49. The fourth-order valence-corrected chi connectivity index (χ4v) is 7.29. The van der Waals surface area contributed by atoms with Gasteiger partial charge in [0, 0.05) is 6.42 Å². The van der Waals surface area contributed by atoms with Gasteiger partial charge in [0.2, 0.25) is 0 Å². The molecule has 1 heterocycles. The second-order valence-corrected chi connectivity index (χ2v) is 10.0. The van der Waals surface area contributed by atoms with E-state index < -0.39 is 0 Å². The first-order valence-corrected chi connectivity index (χ1v) is 11.3. The Hall–Kier alpha value is -1.81. The molecule has 0 aromatic heterocycles. The van der Waals surface area contributed by atoms with Crippen LogP contribution in [0.15, 0.2) is 29.8 Å². The number of hydrogen-bond donors (Lipinski definition) is 2. The SMILES string of the molecule is CC12CCC3c4ccc(O)cc4CCC3C1CCC2CC1CC=C(CO)C(=O)O1. The van der Waals surface area contributed by atoms with Crippen LogP contribution in [-0.4, -0.2) is 28.9 Å². The maximum absolute atomic E-state index is 12.0. The highest BCUT2D eigenvalue weighted by atomic mass is 16.5. The molecule has 29 heavy (non-hydrogen) atoms. The average molecular weight is 397 g/mol. The molecule has 0 amide bonds. The van der Waals surface area contributed by atoms with Gasteiger partial charge in [0.15, 0.2) is 0 Å².